The minimum Gasteiger partial charge on any atom is -0.399 e. The van der Waals surface area contributed by atoms with Crippen LogP contribution in [0.5, 0.6) is 0 Å². The monoisotopic (exact) mass is 179 g/mol. The highest BCUT2D eigenvalue weighted by molar-refractivity contribution is 5.33. The van der Waals surface area contributed by atoms with E-state index < -0.39 is 0 Å². The molecule has 0 saturated carbocycles. The second-order valence-electron chi connectivity index (χ2n) is 4.51. The standard InChI is InChI=1S/C12H21N/c1-7-10(12(4,5)6)8-11(13)9(2)3/h7-8H,1,13H2,2-6H3/b10-8+. The summed E-state index contributed by atoms with van der Waals surface area (Å²) >= 11 is 0. The van der Waals surface area contributed by atoms with Gasteiger partial charge in [0.05, 0.1) is 0 Å². The van der Waals surface area contributed by atoms with Gasteiger partial charge >= 0.3 is 0 Å². The summed E-state index contributed by atoms with van der Waals surface area (Å²) in [5, 5.41) is 0. The summed E-state index contributed by atoms with van der Waals surface area (Å²) in [6.45, 7) is 14.3. The Morgan fingerprint density at radius 2 is 1.69 bits per heavy atom. The van der Waals surface area contributed by atoms with Gasteiger partial charge in [0.25, 0.3) is 0 Å². The van der Waals surface area contributed by atoms with E-state index in [1.807, 2.05) is 26.0 Å². The molecule has 0 saturated heterocycles. The van der Waals surface area contributed by atoms with Gasteiger partial charge in [0, 0.05) is 5.70 Å². The van der Waals surface area contributed by atoms with Crippen molar-refractivity contribution in [3.8, 4) is 0 Å². The molecule has 0 aromatic rings. The van der Waals surface area contributed by atoms with Crippen molar-refractivity contribution in [3.05, 3.63) is 35.6 Å². The molecule has 0 aliphatic heterocycles. The van der Waals surface area contributed by atoms with Crippen LogP contribution in [0.25, 0.3) is 0 Å². The first-order valence-corrected chi connectivity index (χ1v) is 4.56. The molecule has 0 rings (SSSR count). The highest BCUT2D eigenvalue weighted by Crippen LogP contribution is 2.26. The van der Waals surface area contributed by atoms with Crippen LogP contribution in [-0.4, -0.2) is 0 Å². The summed E-state index contributed by atoms with van der Waals surface area (Å²) in [4.78, 5) is 0. The van der Waals surface area contributed by atoms with Crippen LogP contribution < -0.4 is 5.73 Å². The molecule has 0 fully saturated rings. The molecule has 0 bridgehead atoms. The molecule has 0 heterocycles. The van der Waals surface area contributed by atoms with Crippen molar-refractivity contribution in [2.24, 2.45) is 11.1 Å². The third kappa shape index (κ3) is 3.97. The predicted octanol–water partition coefficient (Wildman–Crippen LogP) is 3.40. The largest absolute Gasteiger partial charge is 0.399 e. The van der Waals surface area contributed by atoms with Crippen LogP contribution in [0.15, 0.2) is 35.6 Å². The molecular formula is C12H21N. The van der Waals surface area contributed by atoms with E-state index in [-0.39, 0.29) is 5.41 Å². The molecule has 2 N–H and O–H groups in total. The van der Waals surface area contributed by atoms with Gasteiger partial charge in [-0.05, 0) is 30.9 Å². The predicted molar refractivity (Wildman–Crippen MR) is 60.3 cm³/mol. The van der Waals surface area contributed by atoms with Gasteiger partial charge in [0.1, 0.15) is 0 Å². The fourth-order valence-corrected chi connectivity index (χ4v) is 0.893. The fourth-order valence-electron chi connectivity index (χ4n) is 0.893. The van der Waals surface area contributed by atoms with Crippen molar-refractivity contribution < 1.29 is 0 Å². The SMILES string of the molecule is C=C/C(=C\C(N)=C(C)C)C(C)(C)C. The van der Waals surface area contributed by atoms with Gasteiger partial charge in [0.2, 0.25) is 0 Å². The highest BCUT2D eigenvalue weighted by atomic mass is 14.6. The van der Waals surface area contributed by atoms with Crippen LogP contribution >= 0.6 is 0 Å². The average molecular weight is 179 g/mol. The van der Waals surface area contributed by atoms with Crippen LogP contribution in [0.2, 0.25) is 0 Å². The zero-order chi connectivity index (χ0) is 10.6. The zero-order valence-electron chi connectivity index (χ0n) is 9.44. The maximum Gasteiger partial charge on any atom is 0.0303 e. The minimum absolute atomic E-state index is 0.113. The molecule has 13 heavy (non-hydrogen) atoms. The van der Waals surface area contributed by atoms with Gasteiger partial charge in [-0.3, -0.25) is 0 Å². The van der Waals surface area contributed by atoms with Gasteiger partial charge in [-0.1, -0.05) is 39.0 Å². The summed E-state index contributed by atoms with van der Waals surface area (Å²) < 4.78 is 0. The van der Waals surface area contributed by atoms with E-state index in [4.69, 9.17) is 5.73 Å². The van der Waals surface area contributed by atoms with E-state index >= 15 is 0 Å². The van der Waals surface area contributed by atoms with E-state index in [0.29, 0.717) is 0 Å². The van der Waals surface area contributed by atoms with Crippen LogP contribution in [-0.2, 0) is 0 Å². The first-order chi connectivity index (χ1) is 5.79. The van der Waals surface area contributed by atoms with Gasteiger partial charge < -0.3 is 5.73 Å². The quantitative estimate of drug-likeness (QED) is 0.646. The molecule has 74 valence electrons. The lowest BCUT2D eigenvalue weighted by atomic mass is 9.85. The second-order valence-corrected chi connectivity index (χ2v) is 4.51. The lowest BCUT2D eigenvalue weighted by molar-refractivity contribution is 0.517. The Balaban J connectivity index is 5.01. The van der Waals surface area contributed by atoms with Gasteiger partial charge in [-0.15, -0.1) is 0 Å². The van der Waals surface area contributed by atoms with E-state index in [0.717, 1.165) is 11.3 Å². The lowest BCUT2D eigenvalue weighted by Gasteiger charge is -2.20. The first kappa shape index (κ1) is 12.0. The topological polar surface area (TPSA) is 26.0 Å². The summed E-state index contributed by atoms with van der Waals surface area (Å²) in [6, 6.07) is 0. The van der Waals surface area contributed by atoms with Crippen LogP contribution in [0.4, 0.5) is 0 Å². The number of nitrogens with two attached hydrogens (primary N) is 1. The summed E-state index contributed by atoms with van der Waals surface area (Å²) in [5.41, 5.74) is 9.11. The van der Waals surface area contributed by atoms with Crippen molar-refractivity contribution in [1.29, 1.82) is 0 Å². The van der Waals surface area contributed by atoms with E-state index in [1.54, 1.807) is 0 Å². The Labute approximate surface area is 82.0 Å². The van der Waals surface area contributed by atoms with Crippen LogP contribution in [0.3, 0.4) is 0 Å². The Morgan fingerprint density at radius 1 is 1.23 bits per heavy atom. The number of hydrogen-bond donors (Lipinski definition) is 1. The van der Waals surface area contributed by atoms with Crippen LogP contribution in [0.1, 0.15) is 34.6 Å². The van der Waals surface area contributed by atoms with Crippen molar-refractivity contribution in [1.82, 2.24) is 0 Å². The molecule has 1 heteroatoms. The summed E-state index contributed by atoms with van der Waals surface area (Å²) in [6.07, 6.45) is 3.87. The molecule has 0 radical (unpaired) electrons. The first-order valence-electron chi connectivity index (χ1n) is 4.56. The van der Waals surface area contributed by atoms with Crippen molar-refractivity contribution >= 4 is 0 Å². The van der Waals surface area contributed by atoms with E-state index in [9.17, 15) is 0 Å². The molecule has 0 spiro atoms. The van der Waals surface area contributed by atoms with Crippen molar-refractivity contribution in [2.45, 2.75) is 34.6 Å². The van der Waals surface area contributed by atoms with Gasteiger partial charge in [-0.2, -0.15) is 0 Å². The minimum atomic E-state index is 0.113. The van der Waals surface area contributed by atoms with Gasteiger partial charge in [-0.25, -0.2) is 0 Å². The zero-order valence-corrected chi connectivity index (χ0v) is 9.44. The molecule has 1 nitrogen and oxygen atoms in total. The molecule has 0 aliphatic carbocycles. The summed E-state index contributed by atoms with van der Waals surface area (Å²) in [5.74, 6) is 0. The smallest absolute Gasteiger partial charge is 0.0303 e. The molecule has 0 aromatic carbocycles. The second kappa shape index (κ2) is 4.31. The van der Waals surface area contributed by atoms with E-state index in [2.05, 4.69) is 27.4 Å². The van der Waals surface area contributed by atoms with Crippen molar-refractivity contribution in [2.75, 3.05) is 0 Å². The Bertz CT molecular complexity index is 245. The molecule has 0 aliphatic rings. The third-order valence-electron chi connectivity index (χ3n) is 1.97. The molecule has 0 unspecified atom stereocenters. The molecule has 0 aromatic heterocycles. The van der Waals surface area contributed by atoms with Crippen LogP contribution in [0, 0.1) is 5.41 Å². The Kier molecular flexibility index (Phi) is 3.99. The van der Waals surface area contributed by atoms with Crippen molar-refractivity contribution in [3.63, 3.8) is 0 Å². The maximum absolute atomic E-state index is 5.85. The number of rotatable bonds is 2. The Hall–Kier alpha value is -0.980. The normalized spacial score (nSPS) is 12.5. The summed E-state index contributed by atoms with van der Waals surface area (Å²) in [7, 11) is 0. The number of hydrogen-bond acceptors (Lipinski definition) is 1. The third-order valence-corrected chi connectivity index (χ3v) is 1.97. The molecular weight excluding hydrogens is 158 g/mol. The lowest BCUT2D eigenvalue weighted by Crippen LogP contribution is -2.09. The molecule has 0 amide bonds. The highest BCUT2D eigenvalue weighted by Gasteiger charge is 2.13. The van der Waals surface area contributed by atoms with Gasteiger partial charge in [0.15, 0.2) is 0 Å². The average Bonchev–Trinajstić information content (AvgIpc) is 1.96. The Morgan fingerprint density at radius 3 is 1.92 bits per heavy atom. The number of allylic oxidation sites excluding steroid dienone is 4. The fraction of sp³-hybridized carbons (Fsp3) is 0.500. The molecule has 0 atom stereocenters. The van der Waals surface area contributed by atoms with E-state index in [1.165, 1.54) is 5.57 Å². The maximum atomic E-state index is 5.85.